The number of aromatic nitrogens is 2. The maximum absolute atomic E-state index is 5.59. The molecule has 28 heavy (non-hydrogen) atoms. The Morgan fingerprint density at radius 1 is 1.14 bits per heavy atom. The van der Waals surface area contributed by atoms with Crippen LogP contribution in [0.1, 0.15) is 47.9 Å². The minimum Gasteiger partial charge on any atom is -0.497 e. The Balaban J connectivity index is 1.59. The molecule has 1 fully saturated rings. The van der Waals surface area contributed by atoms with Crippen LogP contribution in [0, 0.1) is 0 Å². The average molecular weight is 383 g/mol. The van der Waals surface area contributed by atoms with E-state index in [0.29, 0.717) is 0 Å². The first kappa shape index (κ1) is 19.2. The summed E-state index contributed by atoms with van der Waals surface area (Å²) in [4.78, 5) is 14.6. The van der Waals surface area contributed by atoms with E-state index in [2.05, 4.69) is 22.9 Å². The van der Waals surface area contributed by atoms with E-state index < -0.39 is 0 Å². The molecule has 0 radical (unpaired) electrons. The van der Waals surface area contributed by atoms with E-state index in [1.807, 2.05) is 18.3 Å². The molecule has 150 valence electrons. The topological polar surface area (TPSA) is 50.7 Å². The van der Waals surface area contributed by atoms with Crippen molar-refractivity contribution in [2.45, 2.75) is 44.8 Å². The van der Waals surface area contributed by atoms with E-state index in [1.165, 1.54) is 24.1 Å². The Labute approximate surface area is 167 Å². The molecule has 6 heteroatoms. The van der Waals surface area contributed by atoms with Crippen molar-refractivity contribution < 1.29 is 9.47 Å². The number of benzene rings is 1. The molecule has 1 saturated heterocycles. The van der Waals surface area contributed by atoms with Gasteiger partial charge in [0, 0.05) is 49.1 Å². The van der Waals surface area contributed by atoms with Gasteiger partial charge in [-0.15, -0.1) is 0 Å². The quantitative estimate of drug-likeness (QED) is 0.792. The fourth-order valence-corrected chi connectivity index (χ4v) is 4.33. The molecule has 2 aliphatic heterocycles. The summed E-state index contributed by atoms with van der Waals surface area (Å²) in [6, 6.07) is 6.27. The van der Waals surface area contributed by atoms with Crippen LogP contribution in [0.4, 0.5) is 0 Å². The van der Waals surface area contributed by atoms with Gasteiger partial charge < -0.3 is 14.4 Å². The number of likely N-dealkylation sites (N-methyl/N-ethyl adjacent to an activating group) is 1. The van der Waals surface area contributed by atoms with E-state index in [0.717, 1.165) is 61.9 Å². The van der Waals surface area contributed by atoms with Crippen molar-refractivity contribution in [3.05, 3.63) is 47.0 Å². The number of piperidine rings is 1. The van der Waals surface area contributed by atoms with Crippen LogP contribution in [0.25, 0.3) is 0 Å². The Morgan fingerprint density at radius 2 is 2.04 bits per heavy atom. The fourth-order valence-electron chi connectivity index (χ4n) is 4.33. The molecular weight excluding hydrogens is 352 g/mol. The maximum Gasteiger partial charge on any atom is 0.145 e. The molecule has 1 atom stereocenters. The monoisotopic (exact) mass is 382 g/mol. The molecule has 4 rings (SSSR count). The molecule has 6 nitrogen and oxygen atoms in total. The Kier molecular flexibility index (Phi) is 5.78. The fraction of sp³-hybridized carbons (Fsp3) is 0.545. The van der Waals surface area contributed by atoms with Crippen LogP contribution in [-0.2, 0) is 19.5 Å². The number of hydrogen-bond acceptors (Lipinski definition) is 6. The third kappa shape index (κ3) is 3.98. The molecule has 0 bridgehead atoms. The number of hydrogen-bond donors (Lipinski definition) is 0. The van der Waals surface area contributed by atoms with Crippen molar-refractivity contribution in [1.29, 1.82) is 0 Å². The van der Waals surface area contributed by atoms with Crippen LogP contribution in [0.2, 0.25) is 0 Å². The van der Waals surface area contributed by atoms with Gasteiger partial charge in [0.15, 0.2) is 0 Å². The number of likely N-dealkylation sites (tertiary alicyclic amines) is 1. The minimum absolute atomic E-state index is 0.259. The first-order valence-corrected chi connectivity index (χ1v) is 10.2. The van der Waals surface area contributed by atoms with Crippen LogP contribution >= 0.6 is 0 Å². The molecular formula is C22H30N4O2. The van der Waals surface area contributed by atoms with Crippen molar-refractivity contribution in [1.82, 2.24) is 19.8 Å². The SMILES string of the molecule is COc1ccc(OC)c(CN2CCCCC2c2ncc3c(n2)CCN(C)C3)c1. The van der Waals surface area contributed by atoms with E-state index in [-0.39, 0.29) is 6.04 Å². The molecule has 0 saturated carbocycles. The lowest BCUT2D eigenvalue weighted by molar-refractivity contribution is 0.132. The van der Waals surface area contributed by atoms with Gasteiger partial charge in [0.2, 0.25) is 0 Å². The van der Waals surface area contributed by atoms with Gasteiger partial charge in [-0.25, -0.2) is 9.97 Å². The second-order valence-electron chi connectivity index (χ2n) is 7.85. The van der Waals surface area contributed by atoms with Crippen LogP contribution in [-0.4, -0.2) is 54.1 Å². The predicted octanol–water partition coefficient (Wildman–Crippen LogP) is 3.21. The molecule has 3 heterocycles. The zero-order valence-electron chi connectivity index (χ0n) is 17.1. The summed E-state index contributed by atoms with van der Waals surface area (Å²) in [7, 11) is 5.58. The zero-order chi connectivity index (χ0) is 19.5. The van der Waals surface area contributed by atoms with Crippen LogP contribution in [0.3, 0.4) is 0 Å². The Hall–Kier alpha value is -2.18. The summed E-state index contributed by atoms with van der Waals surface area (Å²) >= 11 is 0. The summed E-state index contributed by atoms with van der Waals surface area (Å²) in [5, 5.41) is 0. The van der Waals surface area contributed by atoms with Crippen LogP contribution in [0.5, 0.6) is 11.5 Å². The predicted molar refractivity (Wildman–Crippen MR) is 109 cm³/mol. The lowest BCUT2D eigenvalue weighted by Gasteiger charge is -2.35. The van der Waals surface area contributed by atoms with E-state index >= 15 is 0 Å². The summed E-state index contributed by atoms with van der Waals surface area (Å²) in [6.45, 7) is 3.88. The van der Waals surface area contributed by atoms with Crippen molar-refractivity contribution in [2.24, 2.45) is 0 Å². The van der Waals surface area contributed by atoms with Gasteiger partial charge in [-0.05, 0) is 44.6 Å². The number of rotatable bonds is 5. The molecule has 0 N–H and O–H groups in total. The van der Waals surface area contributed by atoms with Crippen LogP contribution in [0.15, 0.2) is 24.4 Å². The van der Waals surface area contributed by atoms with Gasteiger partial charge in [0.1, 0.15) is 17.3 Å². The molecule has 2 aliphatic rings. The average Bonchev–Trinajstić information content (AvgIpc) is 2.73. The van der Waals surface area contributed by atoms with E-state index in [9.17, 15) is 0 Å². The summed E-state index contributed by atoms with van der Waals surface area (Å²) in [5.74, 6) is 2.74. The largest absolute Gasteiger partial charge is 0.497 e. The summed E-state index contributed by atoms with van der Waals surface area (Å²) < 4.78 is 11.0. The van der Waals surface area contributed by atoms with Gasteiger partial charge >= 0.3 is 0 Å². The highest BCUT2D eigenvalue weighted by Gasteiger charge is 2.28. The summed E-state index contributed by atoms with van der Waals surface area (Å²) in [6.07, 6.45) is 6.59. The van der Waals surface area contributed by atoms with Gasteiger partial charge in [-0.1, -0.05) is 6.42 Å². The third-order valence-corrected chi connectivity index (χ3v) is 5.92. The smallest absolute Gasteiger partial charge is 0.145 e. The minimum atomic E-state index is 0.259. The molecule has 0 amide bonds. The van der Waals surface area contributed by atoms with Gasteiger partial charge in [-0.2, -0.15) is 0 Å². The van der Waals surface area contributed by atoms with Crippen molar-refractivity contribution in [3.63, 3.8) is 0 Å². The van der Waals surface area contributed by atoms with Crippen molar-refractivity contribution in [2.75, 3.05) is 34.4 Å². The second kappa shape index (κ2) is 8.45. The maximum atomic E-state index is 5.59. The number of methoxy groups -OCH3 is 2. The number of nitrogens with zero attached hydrogens (tertiary/aromatic N) is 4. The molecule has 2 aromatic rings. The highest BCUT2D eigenvalue weighted by Crippen LogP contribution is 2.33. The zero-order valence-corrected chi connectivity index (χ0v) is 17.1. The first-order valence-electron chi connectivity index (χ1n) is 10.2. The van der Waals surface area contributed by atoms with Gasteiger partial charge in [-0.3, -0.25) is 4.90 Å². The normalized spacial score (nSPS) is 20.6. The first-order chi connectivity index (χ1) is 13.7. The molecule has 0 spiro atoms. The van der Waals surface area contributed by atoms with E-state index in [4.69, 9.17) is 19.4 Å². The third-order valence-electron chi connectivity index (χ3n) is 5.92. The highest BCUT2D eigenvalue weighted by atomic mass is 16.5. The highest BCUT2D eigenvalue weighted by molar-refractivity contribution is 5.40. The molecule has 0 aliphatic carbocycles. The van der Waals surface area contributed by atoms with Crippen molar-refractivity contribution >= 4 is 0 Å². The molecule has 1 aromatic heterocycles. The second-order valence-corrected chi connectivity index (χ2v) is 7.85. The number of fused-ring (bicyclic) bond motifs is 1. The standard InChI is InChI=1S/C22H30N4O2/c1-25-11-9-19-17(14-25)13-23-22(24-19)20-6-4-5-10-26(20)15-16-12-18(27-2)7-8-21(16)28-3/h7-8,12-13,20H,4-6,9-11,14-15H2,1-3H3. The van der Waals surface area contributed by atoms with Gasteiger partial charge in [0.05, 0.1) is 20.3 Å². The van der Waals surface area contributed by atoms with Crippen molar-refractivity contribution in [3.8, 4) is 11.5 Å². The Bertz CT molecular complexity index is 826. The molecule has 1 unspecified atom stereocenters. The lowest BCUT2D eigenvalue weighted by atomic mass is 9.99. The van der Waals surface area contributed by atoms with E-state index in [1.54, 1.807) is 14.2 Å². The van der Waals surface area contributed by atoms with Gasteiger partial charge in [0.25, 0.3) is 0 Å². The molecule has 1 aromatic carbocycles. The lowest BCUT2D eigenvalue weighted by Crippen LogP contribution is -2.35. The number of ether oxygens (including phenoxy) is 2. The van der Waals surface area contributed by atoms with Crippen LogP contribution < -0.4 is 9.47 Å². The summed E-state index contributed by atoms with van der Waals surface area (Å²) in [5.41, 5.74) is 3.65. The Morgan fingerprint density at radius 3 is 2.86 bits per heavy atom.